The van der Waals surface area contributed by atoms with E-state index in [2.05, 4.69) is 15.6 Å². The van der Waals surface area contributed by atoms with Crippen LogP contribution in [0.25, 0.3) is 0 Å². The zero-order valence-corrected chi connectivity index (χ0v) is 27.5. The second kappa shape index (κ2) is 14.0. The zero-order chi connectivity index (χ0) is 34.7. The Hall–Kier alpha value is -5.68. The molecule has 3 amide bonds. The first-order chi connectivity index (χ1) is 24.3. The largest absolute Gasteiger partial charge is 0.493 e. The predicted octanol–water partition coefficient (Wildman–Crippen LogP) is 3.70. The number of aliphatic hydroxyl groups is 1. The van der Waals surface area contributed by atoms with Crippen molar-refractivity contribution < 1.29 is 33.7 Å². The van der Waals surface area contributed by atoms with Gasteiger partial charge in [0.1, 0.15) is 17.9 Å². The van der Waals surface area contributed by atoms with E-state index in [0.29, 0.717) is 42.2 Å². The molecule has 1 aliphatic carbocycles. The van der Waals surface area contributed by atoms with Crippen molar-refractivity contribution in [2.24, 2.45) is 0 Å². The molecule has 3 aromatic carbocycles. The Bertz CT molecular complexity index is 1890. The van der Waals surface area contributed by atoms with Gasteiger partial charge in [0.2, 0.25) is 5.91 Å². The summed E-state index contributed by atoms with van der Waals surface area (Å²) in [6.45, 7) is 0.558. The van der Waals surface area contributed by atoms with E-state index >= 15 is 0 Å². The van der Waals surface area contributed by atoms with E-state index in [1.807, 2.05) is 54.6 Å². The second-order valence-corrected chi connectivity index (χ2v) is 12.7. The van der Waals surface area contributed by atoms with Gasteiger partial charge in [-0.1, -0.05) is 66.7 Å². The average molecular weight is 675 g/mol. The minimum Gasteiger partial charge on any atom is -0.493 e. The van der Waals surface area contributed by atoms with Crippen molar-refractivity contribution in [3.63, 3.8) is 0 Å². The molecule has 1 spiro atoms. The van der Waals surface area contributed by atoms with Crippen molar-refractivity contribution in [3.05, 3.63) is 132 Å². The number of rotatable bonds is 10. The summed E-state index contributed by atoms with van der Waals surface area (Å²) >= 11 is 0. The number of amides is 3. The van der Waals surface area contributed by atoms with E-state index < -0.39 is 41.5 Å². The SMILES string of the molecule is COc1ccc2c3c1O[C@H]1C[C@@H](O)C=C[C@@]31CCN(C(=O)[C@@H](NC(=O)[C@H](Cc1ccccc1)NC(=O)c1ccncc1)Oc1ccccc1)C2. The standard InChI is InChI=1S/C39H38N4O7/c1-48-31-13-12-27-24-43(21-18-39-17-14-28(44)23-32(39)50-34(31)33(27)39)38(47)37(49-29-10-6-3-7-11-29)42-36(46)30(22-25-8-4-2-5-9-25)41-35(45)26-15-19-40-20-16-26/h2-17,19-20,28,30,32,37,44H,18,21-24H2,1H3,(H,41,45)(H,42,46)/t28-,30-,32-,37-,39-/m0/s1. The van der Waals surface area contributed by atoms with E-state index in [1.54, 1.807) is 54.5 Å². The number of nitrogens with one attached hydrogen (secondary N) is 2. The fraction of sp³-hybridized carbons (Fsp3) is 0.282. The number of pyridine rings is 1. The first-order valence-corrected chi connectivity index (χ1v) is 16.6. The third-order valence-electron chi connectivity index (χ3n) is 9.61. The number of para-hydroxylation sites is 1. The fourth-order valence-corrected chi connectivity index (χ4v) is 7.10. The lowest BCUT2D eigenvalue weighted by Gasteiger charge is -2.36. The molecule has 5 atom stereocenters. The number of carbonyl (C=O) groups is 3. The van der Waals surface area contributed by atoms with Crippen LogP contribution in [-0.2, 0) is 28.0 Å². The van der Waals surface area contributed by atoms with E-state index in [4.69, 9.17) is 14.2 Å². The quantitative estimate of drug-likeness (QED) is 0.171. The van der Waals surface area contributed by atoms with Gasteiger partial charge < -0.3 is 34.9 Å². The van der Waals surface area contributed by atoms with Gasteiger partial charge >= 0.3 is 0 Å². The van der Waals surface area contributed by atoms with Gasteiger partial charge in [0.25, 0.3) is 18.0 Å². The highest BCUT2D eigenvalue weighted by Crippen LogP contribution is 2.55. The van der Waals surface area contributed by atoms with Crippen LogP contribution >= 0.6 is 0 Å². The molecule has 0 unspecified atom stereocenters. The molecular weight excluding hydrogens is 636 g/mol. The van der Waals surface area contributed by atoms with Crippen molar-refractivity contribution in [3.8, 4) is 17.2 Å². The summed E-state index contributed by atoms with van der Waals surface area (Å²) < 4.78 is 18.3. The van der Waals surface area contributed by atoms with Crippen LogP contribution in [0.1, 0.15) is 39.9 Å². The maximum atomic E-state index is 14.5. The molecule has 3 heterocycles. The monoisotopic (exact) mass is 674 g/mol. The van der Waals surface area contributed by atoms with Gasteiger partial charge in [-0.15, -0.1) is 0 Å². The Balaban J connectivity index is 1.19. The van der Waals surface area contributed by atoms with Gasteiger partial charge in [0.05, 0.1) is 18.6 Å². The van der Waals surface area contributed by atoms with Crippen molar-refractivity contribution in [1.82, 2.24) is 20.5 Å². The molecule has 0 fully saturated rings. The lowest BCUT2D eigenvalue weighted by atomic mass is 9.69. The van der Waals surface area contributed by atoms with Crippen LogP contribution in [0, 0.1) is 0 Å². The number of ether oxygens (including phenoxy) is 3. The molecule has 0 bridgehead atoms. The Morgan fingerprint density at radius 1 is 1.00 bits per heavy atom. The molecule has 2 aliphatic heterocycles. The lowest BCUT2D eigenvalue weighted by molar-refractivity contribution is -0.144. The van der Waals surface area contributed by atoms with E-state index in [0.717, 1.165) is 16.7 Å². The number of aliphatic hydroxyl groups excluding tert-OH is 1. The summed E-state index contributed by atoms with van der Waals surface area (Å²) in [5, 5.41) is 16.1. The summed E-state index contributed by atoms with van der Waals surface area (Å²) in [4.78, 5) is 47.6. The first-order valence-electron chi connectivity index (χ1n) is 16.6. The van der Waals surface area contributed by atoms with Crippen LogP contribution < -0.4 is 24.8 Å². The van der Waals surface area contributed by atoms with E-state index in [9.17, 15) is 19.5 Å². The molecular formula is C39H38N4O7. The summed E-state index contributed by atoms with van der Waals surface area (Å²) in [5.74, 6) is 0.137. The third-order valence-corrected chi connectivity index (χ3v) is 9.61. The number of benzene rings is 3. The van der Waals surface area contributed by atoms with Crippen LogP contribution in [0.5, 0.6) is 17.2 Å². The Labute approximate surface area is 289 Å². The molecule has 11 heteroatoms. The Morgan fingerprint density at radius 3 is 2.48 bits per heavy atom. The van der Waals surface area contributed by atoms with Crippen LogP contribution in [0.3, 0.4) is 0 Å². The van der Waals surface area contributed by atoms with Crippen LogP contribution in [0.2, 0.25) is 0 Å². The Kier molecular flexibility index (Phi) is 9.23. The molecule has 0 saturated carbocycles. The molecule has 7 rings (SSSR count). The molecule has 3 aliphatic rings. The van der Waals surface area contributed by atoms with E-state index in [-0.39, 0.29) is 19.1 Å². The molecule has 11 nitrogen and oxygen atoms in total. The molecule has 3 N–H and O–H groups in total. The molecule has 0 saturated heterocycles. The number of hydrogen-bond acceptors (Lipinski definition) is 8. The molecule has 50 heavy (non-hydrogen) atoms. The van der Waals surface area contributed by atoms with Gasteiger partial charge in [0, 0.05) is 49.5 Å². The molecule has 4 aromatic rings. The van der Waals surface area contributed by atoms with Crippen molar-refractivity contribution >= 4 is 17.7 Å². The van der Waals surface area contributed by atoms with Gasteiger partial charge in [0.15, 0.2) is 11.5 Å². The molecule has 0 radical (unpaired) electrons. The second-order valence-electron chi connectivity index (χ2n) is 12.7. The predicted molar refractivity (Wildman–Crippen MR) is 184 cm³/mol. The number of methoxy groups -OCH3 is 1. The van der Waals surface area contributed by atoms with Gasteiger partial charge in [-0.25, -0.2) is 0 Å². The lowest BCUT2D eigenvalue weighted by Crippen LogP contribution is -2.57. The van der Waals surface area contributed by atoms with Gasteiger partial charge in [-0.2, -0.15) is 0 Å². The highest BCUT2D eigenvalue weighted by molar-refractivity contribution is 5.98. The van der Waals surface area contributed by atoms with Gasteiger partial charge in [-0.05, 0) is 47.9 Å². The maximum absolute atomic E-state index is 14.5. The summed E-state index contributed by atoms with van der Waals surface area (Å²) in [6.07, 6.45) is 5.54. The van der Waals surface area contributed by atoms with Crippen molar-refractivity contribution in [2.45, 2.75) is 55.7 Å². The van der Waals surface area contributed by atoms with Crippen LogP contribution in [-0.4, -0.2) is 70.8 Å². The maximum Gasteiger partial charge on any atom is 0.285 e. The van der Waals surface area contributed by atoms with Crippen LogP contribution in [0.15, 0.2) is 109 Å². The van der Waals surface area contributed by atoms with Crippen molar-refractivity contribution in [2.75, 3.05) is 13.7 Å². The number of carbonyl (C=O) groups excluding carboxylic acids is 3. The minimum absolute atomic E-state index is 0.180. The third kappa shape index (κ3) is 6.51. The van der Waals surface area contributed by atoms with Crippen molar-refractivity contribution in [1.29, 1.82) is 0 Å². The smallest absolute Gasteiger partial charge is 0.285 e. The average Bonchev–Trinajstić information content (AvgIpc) is 3.38. The van der Waals surface area contributed by atoms with Crippen LogP contribution in [0.4, 0.5) is 0 Å². The number of aromatic nitrogens is 1. The van der Waals surface area contributed by atoms with E-state index in [1.165, 1.54) is 12.4 Å². The highest BCUT2D eigenvalue weighted by Gasteiger charge is 2.53. The number of nitrogens with zero attached hydrogens (tertiary/aromatic N) is 2. The molecule has 1 aromatic heterocycles. The van der Waals surface area contributed by atoms with Gasteiger partial charge in [-0.3, -0.25) is 19.4 Å². The number of hydrogen-bond donors (Lipinski definition) is 3. The topological polar surface area (TPSA) is 139 Å². The summed E-state index contributed by atoms with van der Waals surface area (Å²) in [5.41, 5.74) is 2.44. The minimum atomic E-state index is -1.41. The Morgan fingerprint density at radius 2 is 1.74 bits per heavy atom. The summed E-state index contributed by atoms with van der Waals surface area (Å²) in [7, 11) is 1.59. The molecule has 256 valence electrons. The first kappa shape index (κ1) is 32.8. The summed E-state index contributed by atoms with van der Waals surface area (Å²) in [6, 6.07) is 24.0. The fourth-order valence-electron chi connectivity index (χ4n) is 7.10. The normalized spacial score (nSPS) is 21.4. The zero-order valence-electron chi connectivity index (χ0n) is 27.5. The highest BCUT2D eigenvalue weighted by atomic mass is 16.5.